The van der Waals surface area contributed by atoms with Crippen LogP contribution in [0.25, 0.3) is 0 Å². The first-order valence-corrected chi connectivity index (χ1v) is 7.97. The van der Waals surface area contributed by atoms with Crippen LogP contribution in [0.15, 0.2) is 27.6 Å². The third kappa shape index (κ3) is 4.33. The van der Waals surface area contributed by atoms with Crippen molar-refractivity contribution in [2.75, 3.05) is 0 Å². The molecule has 0 saturated carbocycles. The first-order chi connectivity index (χ1) is 8.22. The fourth-order valence-electron chi connectivity index (χ4n) is 1.73. The monoisotopic (exact) mass is 337 g/mol. The molecule has 0 saturated heterocycles. The van der Waals surface area contributed by atoms with Gasteiger partial charge >= 0.3 is 0 Å². The summed E-state index contributed by atoms with van der Waals surface area (Å²) in [4.78, 5) is -0.0567. The highest BCUT2D eigenvalue weighted by molar-refractivity contribution is 9.10. The highest BCUT2D eigenvalue weighted by atomic mass is 79.9. The summed E-state index contributed by atoms with van der Waals surface area (Å²) in [6.07, 6.45) is 0.734. The normalized spacial score (nSPS) is 13.9. The minimum Gasteiger partial charge on any atom is -0.208 e. The Morgan fingerprint density at radius 2 is 1.94 bits per heavy atom. The van der Waals surface area contributed by atoms with Gasteiger partial charge in [0.05, 0.1) is 9.37 Å². The summed E-state index contributed by atoms with van der Waals surface area (Å²) in [6.45, 7) is 5.83. The second-order valence-electron chi connectivity index (χ2n) is 4.73. The Balaban J connectivity index is 2.89. The van der Waals surface area contributed by atoms with E-state index in [1.165, 1.54) is 12.1 Å². The Hall–Kier alpha value is -0.460. The average molecular weight is 338 g/mol. The fraction of sp³-hybridized carbons (Fsp3) is 0.500. The van der Waals surface area contributed by atoms with Crippen molar-refractivity contribution in [3.05, 3.63) is 28.5 Å². The molecule has 102 valence electrons. The molecule has 0 fully saturated rings. The van der Waals surface area contributed by atoms with Crippen LogP contribution in [0.1, 0.15) is 27.2 Å². The van der Waals surface area contributed by atoms with Gasteiger partial charge in [-0.25, -0.2) is 17.5 Å². The largest absolute Gasteiger partial charge is 0.240 e. The van der Waals surface area contributed by atoms with Gasteiger partial charge in [-0.2, -0.15) is 0 Å². The number of rotatable bonds is 5. The Bertz CT molecular complexity index is 517. The number of sulfonamides is 1. The molecule has 1 unspecified atom stereocenters. The van der Waals surface area contributed by atoms with E-state index in [-0.39, 0.29) is 15.4 Å². The first kappa shape index (κ1) is 15.6. The van der Waals surface area contributed by atoms with Gasteiger partial charge in [0.1, 0.15) is 5.82 Å². The lowest BCUT2D eigenvalue weighted by Crippen LogP contribution is -2.33. The number of halogens is 2. The molecule has 1 aromatic rings. The number of hydrogen-bond donors (Lipinski definition) is 1. The molecule has 0 aliphatic rings. The van der Waals surface area contributed by atoms with Gasteiger partial charge in [0.15, 0.2) is 0 Å². The lowest BCUT2D eigenvalue weighted by molar-refractivity contribution is 0.482. The van der Waals surface area contributed by atoms with Gasteiger partial charge in [-0.15, -0.1) is 0 Å². The summed E-state index contributed by atoms with van der Waals surface area (Å²) in [5, 5.41) is 0. The van der Waals surface area contributed by atoms with Crippen molar-refractivity contribution in [1.82, 2.24) is 4.72 Å². The fourth-order valence-corrected chi connectivity index (χ4v) is 3.25. The Kier molecular flexibility index (Phi) is 5.31. The SMILES string of the molecule is CC(C)CC(C)NS(=O)(=O)c1ccc(Br)c(F)c1. The lowest BCUT2D eigenvalue weighted by Gasteiger charge is -2.16. The minimum absolute atomic E-state index is 0.0567. The second kappa shape index (κ2) is 6.12. The minimum atomic E-state index is -3.66. The zero-order valence-electron chi connectivity index (χ0n) is 10.6. The predicted octanol–water partition coefficient (Wildman–Crippen LogP) is 3.30. The van der Waals surface area contributed by atoms with Crippen LogP contribution in [0.2, 0.25) is 0 Å². The summed E-state index contributed by atoms with van der Waals surface area (Å²) < 4.78 is 40.1. The number of benzene rings is 1. The molecular weight excluding hydrogens is 321 g/mol. The maximum atomic E-state index is 13.3. The second-order valence-corrected chi connectivity index (χ2v) is 7.30. The van der Waals surface area contributed by atoms with Crippen LogP contribution in [0.4, 0.5) is 4.39 Å². The summed E-state index contributed by atoms with van der Waals surface area (Å²) in [7, 11) is -3.66. The molecule has 0 heterocycles. The molecule has 1 rings (SSSR count). The topological polar surface area (TPSA) is 46.2 Å². The summed E-state index contributed by atoms with van der Waals surface area (Å²) >= 11 is 2.99. The summed E-state index contributed by atoms with van der Waals surface area (Å²) in [5.74, 6) is -0.196. The van der Waals surface area contributed by atoms with Crippen molar-refractivity contribution in [3.8, 4) is 0 Å². The molecule has 0 aliphatic heterocycles. The number of hydrogen-bond acceptors (Lipinski definition) is 2. The summed E-state index contributed by atoms with van der Waals surface area (Å²) in [5.41, 5.74) is 0. The van der Waals surface area contributed by atoms with E-state index in [9.17, 15) is 12.8 Å². The van der Waals surface area contributed by atoms with Crippen molar-refractivity contribution in [1.29, 1.82) is 0 Å². The van der Waals surface area contributed by atoms with Crippen molar-refractivity contribution < 1.29 is 12.8 Å². The van der Waals surface area contributed by atoms with Gasteiger partial charge in [0.2, 0.25) is 10.0 Å². The van der Waals surface area contributed by atoms with E-state index in [1.807, 2.05) is 13.8 Å². The number of nitrogens with one attached hydrogen (secondary N) is 1. The lowest BCUT2D eigenvalue weighted by atomic mass is 10.1. The standard InChI is InChI=1S/C12H17BrFNO2S/c1-8(2)6-9(3)15-18(16,17)10-4-5-11(13)12(14)7-10/h4-5,7-9,15H,6H2,1-3H3. The molecule has 0 radical (unpaired) electrons. The van der Waals surface area contributed by atoms with E-state index in [4.69, 9.17) is 0 Å². The van der Waals surface area contributed by atoms with Gasteiger partial charge in [-0.05, 0) is 53.4 Å². The maximum absolute atomic E-state index is 13.3. The highest BCUT2D eigenvalue weighted by Crippen LogP contribution is 2.19. The first-order valence-electron chi connectivity index (χ1n) is 5.69. The van der Waals surface area contributed by atoms with Crippen molar-refractivity contribution >= 4 is 26.0 Å². The quantitative estimate of drug-likeness (QED) is 0.895. The van der Waals surface area contributed by atoms with E-state index < -0.39 is 15.8 Å². The third-order valence-corrected chi connectivity index (χ3v) is 4.61. The van der Waals surface area contributed by atoms with Gasteiger partial charge in [-0.1, -0.05) is 13.8 Å². The molecule has 0 aliphatic carbocycles. The smallest absolute Gasteiger partial charge is 0.208 e. The van der Waals surface area contributed by atoms with Crippen molar-refractivity contribution in [2.45, 2.75) is 38.1 Å². The molecule has 1 atom stereocenters. The van der Waals surface area contributed by atoms with E-state index in [0.717, 1.165) is 12.5 Å². The van der Waals surface area contributed by atoms with Gasteiger partial charge in [0.25, 0.3) is 0 Å². The van der Waals surface area contributed by atoms with E-state index in [0.29, 0.717) is 5.92 Å². The average Bonchev–Trinajstić information content (AvgIpc) is 2.19. The van der Waals surface area contributed by atoms with E-state index in [2.05, 4.69) is 20.7 Å². The van der Waals surface area contributed by atoms with Crippen molar-refractivity contribution in [3.63, 3.8) is 0 Å². The Labute approximate surface area is 116 Å². The molecule has 0 spiro atoms. The zero-order valence-corrected chi connectivity index (χ0v) is 13.0. The van der Waals surface area contributed by atoms with E-state index in [1.54, 1.807) is 6.92 Å². The summed E-state index contributed by atoms with van der Waals surface area (Å²) in [6, 6.07) is 3.59. The Morgan fingerprint density at radius 1 is 1.33 bits per heavy atom. The molecule has 1 aromatic carbocycles. The zero-order chi connectivity index (χ0) is 13.9. The van der Waals surface area contributed by atoms with Gasteiger partial charge in [-0.3, -0.25) is 0 Å². The van der Waals surface area contributed by atoms with Crippen LogP contribution in [0.5, 0.6) is 0 Å². The molecule has 0 bridgehead atoms. The van der Waals surface area contributed by atoms with Crippen LogP contribution in [-0.2, 0) is 10.0 Å². The van der Waals surface area contributed by atoms with Crippen LogP contribution in [0.3, 0.4) is 0 Å². The third-order valence-electron chi connectivity index (χ3n) is 2.38. The van der Waals surface area contributed by atoms with E-state index >= 15 is 0 Å². The highest BCUT2D eigenvalue weighted by Gasteiger charge is 2.19. The Morgan fingerprint density at radius 3 is 2.44 bits per heavy atom. The molecule has 1 N–H and O–H groups in total. The van der Waals surface area contributed by atoms with Crippen LogP contribution < -0.4 is 4.72 Å². The molecular formula is C12H17BrFNO2S. The molecule has 18 heavy (non-hydrogen) atoms. The van der Waals surface area contributed by atoms with Crippen LogP contribution in [-0.4, -0.2) is 14.5 Å². The van der Waals surface area contributed by atoms with Gasteiger partial charge < -0.3 is 0 Å². The van der Waals surface area contributed by atoms with Crippen molar-refractivity contribution in [2.24, 2.45) is 5.92 Å². The molecule has 0 aromatic heterocycles. The molecule has 6 heteroatoms. The maximum Gasteiger partial charge on any atom is 0.240 e. The van der Waals surface area contributed by atoms with Gasteiger partial charge in [0, 0.05) is 6.04 Å². The molecule has 3 nitrogen and oxygen atoms in total. The molecule has 0 amide bonds. The van der Waals surface area contributed by atoms with Crippen LogP contribution in [0, 0.1) is 11.7 Å². The van der Waals surface area contributed by atoms with Crippen LogP contribution >= 0.6 is 15.9 Å². The predicted molar refractivity (Wildman–Crippen MR) is 73.3 cm³/mol.